The maximum Gasteiger partial charge on any atom is 0.425 e. The predicted octanol–water partition coefficient (Wildman–Crippen LogP) is 1.73. The highest BCUT2D eigenvalue weighted by Gasteiger charge is 2.37. The van der Waals surface area contributed by atoms with Crippen LogP contribution in [0.3, 0.4) is 0 Å². The second kappa shape index (κ2) is 8.59. The Kier molecular flexibility index (Phi) is 7.44. The molecule has 0 radical (unpaired) electrons. The van der Waals surface area contributed by atoms with E-state index in [-0.39, 0.29) is 0 Å². The number of amides is 1. The van der Waals surface area contributed by atoms with Gasteiger partial charge in [0.1, 0.15) is 11.6 Å². The first-order valence-corrected chi connectivity index (χ1v) is 8.69. The predicted molar refractivity (Wildman–Crippen MR) is 86.4 cm³/mol. The van der Waals surface area contributed by atoms with Gasteiger partial charge in [0.15, 0.2) is 0 Å². The lowest BCUT2D eigenvalue weighted by atomic mass is 10.1. The molecule has 0 aromatic rings. The van der Waals surface area contributed by atoms with Crippen molar-refractivity contribution in [2.75, 3.05) is 24.7 Å². The molecule has 0 saturated carbocycles. The minimum Gasteiger partial charge on any atom is -0.480 e. The first-order chi connectivity index (χ1) is 10.3. The first kappa shape index (κ1) is 19.1. The molecule has 1 aliphatic heterocycles. The molecule has 1 aliphatic rings. The van der Waals surface area contributed by atoms with Crippen molar-refractivity contribution < 1.29 is 19.4 Å². The van der Waals surface area contributed by atoms with Crippen molar-refractivity contribution in [1.82, 2.24) is 10.0 Å². The van der Waals surface area contributed by atoms with Crippen molar-refractivity contribution >= 4 is 23.8 Å². The maximum absolute atomic E-state index is 12.5. The van der Waals surface area contributed by atoms with Crippen LogP contribution in [-0.4, -0.2) is 63.5 Å². The minimum absolute atomic E-state index is 0.368. The van der Waals surface area contributed by atoms with Gasteiger partial charge in [-0.1, -0.05) is 0 Å². The van der Waals surface area contributed by atoms with Crippen LogP contribution in [0, 0.1) is 0 Å². The van der Waals surface area contributed by atoms with Crippen LogP contribution in [0.1, 0.15) is 40.0 Å². The number of ether oxygens (including phenoxy) is 1. The molecule has 0 aliphatic carbocycles. The number of nitrogens with zero attached hydrogens (tertiary/aromatic N) is 2. The van der Waals surface area contributed by atoms with E-state index in [1.165, 1.54) is 5.01 Å². The van der Waals surface area contributed by atoms with Crippen LogP contribution in [-0.2, 0) is 9.53 Å². The van der Waals surface area contributed by atoms with E-state index in [1.807, 2.05) is 0 Å². The fraction of sp³-hybridized carbons (Fsp3) is 0.857. The molecule has 0 unspecified atom stereocenters. The molecule has 1 amide bonds. The number of carboxylic acid groups (broad SMARTS) is 1. The van der Waals surface area contributed by atoms with Crippen molar-refractivity contribution in [1.29, 1.82) is 0 Å². The van der Waals surface area contributed by atoms with Crippen molar-refractivity contribution in [3.8, 4) is 0 Å². The Hall–Kier alpha value is -0.990. The highest BCUT2D eigenvalue weighted by Crippen LogP contribution is 2.23. The lowest BCUT2D eigenvalue weighted by molar-refractivity contribution is -0.151. The number of carbonyl (C=O) groups excluding carboxylic acids is 1. The number of aliphatic carboxylic acids is 1. The summed E-state index contributed by atoms with van der Waals surface area (Å²) in [6, 6.07) is -0.917. The largest absolute Gasteiger partial charge is 0.480 e. The van der Waals surface area contributed by atoms with Crippen LogP contribution >= 0.6 is 11.8 Å². The number of hydrogen-bond donors (Lipinski definition) is 2. The summed E-state index contributed by atoms with van der Waals surface area (Å²) in [5.41, 5.74) is 4.80. The maximum atomic E-state index is 12.5. The zero-order valence-corrected chi connectivity index (χ0v) is 14.4. The van der Waals surface area contributed by atoms with E-state index in [0.717, 1.165) is 12.2 Å². The van der Waals surface area contributed by atoms with Crippen molar-refractivity contribution in [3.63, 3.8) is 0 Å². The van der Waals surface area contributed by atoms with Gasteiger partial charge in [0.05, 0.1) is 5.88 Å². The number of carboxylic acids is 1. The van der Waals surface area contributed by atoms with Crippen LogP contribution in [0.4, 0.5) is 4.79 Å². The Labute approximate surface area is 136 Å². The van der Waals surface area contributed by atoms with Crippen LogP contribution in [0.5, 0.6) is 0 Å². The van der Waals surface area contributed by atoms with Crippen molar-refractivity contribution in [3.05, 3.63) is 0 Å². The summed E-state index contributed by atoms with van der Waals surface area (Å²) in [6.45, 7) is 6.47. The highest BCUT2D eigenvalue weighted by molar-refractivity contribution is 7.99. The third-order valence-corrected chi connectivity index (χ3v) is 4.08. The Morgan fingerprint density at radius 1 is 1.41 bits per heavy atom. The second-order valence-electron chi connectivity index (χ2n) is 6.23. The SMILES string of the molecule is CC(C)(C)OC(=O)N([C@@H](CCCCN)C(=O)O)N1CCSC1. The standard InChI is InChI=1S/C14H27N3O4S/c1-14(2,3)21-13(20)17(16-8-9-22-10-16)11(12(18)19)6-4-5-7-15/h11H,4-10,15H2,1-3H3,(H,18,19)/t11-/m0/s1. The highest BCUT2D eigenvalue weighted by atomic mass is 32.2. The summed E-state index contributed by atoms with van der Waals surface area (Å²) < 4.78 is 5.40. The lowest BCUT2D eigenvalue weighted by Gasteiger charge is -2.36. The van der Waals surface area contributed by atoms with E-state index in [4.69, 9.17) is 10.5 Å². The Bertz CT molecular complexity index is 381. The number of unbranched alkanes of at least 4 members (excludes halogenated alkanes) is 1. The van der Waals surface area contributed by atoms with E-state index in [2.05, 4.69) is 0 Å². The summed E-state index contributed by atoms with van der Waals surface area (Å²) >= 11 is 1.67. The summed E-state index contributed by atoms with van der Waals surface area (Å²) in [6.07, 6.45) is 1.16. The molecule has 0 spiro atoms. The van der Waals surface area contributed by atoms with Gasteiger partial charge in [-0.2, -0.15) is 0 Å². The molecular weight excluding hydrogens is 306 g/mol. The van der Waals surface area contributed by atoms with E-state index in [1.54, 1.807) is 37.5 Å². The van der Waals surface area contributed by atoms with E-state index in [9.17, 15) is 14.7 Å². The number of hydrogen-bond acceptors (Lipinski definition) is 6. The quantitative estimate of drug-likeness (QED) is 0.685. The summed E-state index contributed by atoms with van der Waals surface area (Å²) in [5, 5.41) is 12.6. The third-order valence-electron chi connectivity index (χ3n) is 3.13. The molecule has 0 aromatic carbocycles. The minimum atomic E-state index is -1.01. The van der Waals surface area contributed by atoms with Crippen LogP contribution < -0.4 is 5.73 Å². The number of nitrogens with two attached hydrogens (primary N) is 1. The Balaban J connectivity index is 2.89. The fourth-order valence-corrected chi connectivity index (χ4v) is 3.09. The Morgan fingerprint density at radius 2 is 2.09 bits per heavy atom. The van der Waals surface area contributed by atoms with Gasteiger partial charge in [-0.3, -0.25) is 0 Å². The van der Waals surface area contributed by atoms with Gasteiger partial charge in [0, 0.05) is 12.3 Å². The molecule has 3 N–H and O–H groups in total. The number of rotatable bonds is 7. The van der Waals surface area contributed by atoms with Gasteiger partial charge in [-0.05, 0) is 46.6 Å². The van der Waals surface area contributed by atoms with E-state index >= 15 is 0 Å². The van der Waals surface area contributed by atoms with Gasteiger partial charge in [-0.15, -0.1) is 11.8 Å². The molecule has 8 heteroatoms. The number of carbonyl (C=O) groups is 2. The van der Waals surface area contributed by atoms with Crippen molar-refractivity contribution in [2.45, 2.75) is 51.7 Å². The second-order valence-corrected chi connectivity index (χ2v) is 7.31. The average molecular weight is 333 g/mol. The van der Waals surface area contributed by atoms with Crippen LogP contribution in [0.2, 0.25) is 0 Å². The monoisotopic (exact) mass is 333 g/mol. The molecule has 0 bridgehead atoms. The van der Waals surface area contributed by atoms with Gasteiger partial charge in [-0.25, -0.2) is 19.6 Å². The third kappa shape index (κ3) is 6.02. The molecule has 0 aromatic heterocycles. The van der Waals surface area contributed by atoms with Crippen molar-refractivity contribution in [2.24, 2.45) is 5.73 Å². The van der Waals surface area contributed by atoms with E-state index in [0.29, 0.717) is 31.8 Å². The van der Waals surface area contributed by atoms with Gasteiger partial charge in [0.2, 0.25) is 0 Å². The number of hydrazine groups is 1. The van der Waals surface area contributed by atoms with Gasteiger partial charge in [0.25, 0.3) is 0 Å². The van der Waals surface area contributed by atoms with Crippen LogP contribution in [0.15, 0.2) is 0 Å². The fourth-order valence-electron chi connectivity index (χ4n) is 2.16. The first-order valence-electron chi connectivity index (χ1n) is 7.54. The zero-order valence-electron chi connectivity index (χ0n) is 13.6. The average Bonchev–Trinajstić information content (AvgIpc) is 2.88. The molecule has 7 nitrogen and oxygen atoms in total. The van der Waals surface area contributed by atoms with Gasteiger partial charge < -0.3 is 15.6 Å². The van der Waals surface area contributed by atoms with Gasteiger partial charge >= 0.3 is 12.1 Å². The summed E-state index contributed by atoms with van der Waals surface area (Å²) in [5.74, 6) is 0.453. The van der Waals surface area contributed by atoms with Crippen LogP contribution in [0.25, 0.3) is 0 Å². The lowest BCUT2D eigenvalue weighted by Crippen LogP contribution is -2.55. The zero-order chi connectivity index (χ0) is 16.8. The number of thioether (sulfide) groups is 1. The topological polar surface area (TPSA) is 96.1 Å². The molecule has 1 fully saturated rings. The molecule has 1 atom stereocenters. The molecule has 22 heavy (non-hydrogen) atoms. The molecule has 1 heterocycles. The molecular formula is C14H27N3O4S. The molecule has 1 rings (SSSR count). The Morgan fingerprint density at radius 3 is 2.55 bits per heavy atom. The smallest absolute Gasteiger partial charge is 0.425 e. The molecule has 1 saturated heterocycles. The normalized spacial score (nSPS) is 17.3. The molecule has 128 valence electrons. The summed E-state index contributed by atoms with van der Waals surface area (Å²) in [7, 11) is 0. The van der Waals surface area contributed by atoms with E-state index < -0.39 is 23.7 Å². The summed E-state index contributed by atoms with van der Waals surface area (Å²) in [4.78, 5) is 24.1.